The van der Waals surface area contributed by atoms with Crippen LogP contribution < -0.4 is 5.32 Å². The molecular formula is C16H19ClN2. The number of aliphatic imine (C=N–C) groups is 1. The number of halogens is 1. The van der Waals surface area contributed by atoms with Crippen molar-refractivity contribution in [2.45, 2.75) is 33.2 Å². The van der Waals surface area contributed by atoms with Crippen molar-refractivity contribution >= 4 is 17.4 Å². The van der Waals surface area contributed by atoms with Gasteiger partial charge in [0.2, 0.25) is 0 Å². The third-order valence-corrected chi connectivity index (χ3v) is 3.05. The van der Waals surface area contributed by atoms with Crippen LogP contribution in [0, 0.1) is 17.3 Å². The molecule has 1 aromatic carbocycles. The van der Waals surface area contributed by atoms with Crippen LogP contribution in [-0.2, 0) is 0 Å². The highest BCUT2D eigenvalue weighted by Crippen LogP contribution is 2.20. The van der Waals surface area contributed by atoms with E-state index in [1.54, 1.807) is 0 Å². The highest BCUT2D eigenvalue weighted by molar-refractivity contribution is 6.30. The van der Waals surface area contributed by atoms with E-state index in [0.29, 0.717) is 6.42 Å². The second kappa shape index (κ2) is 5.67. The van der Waals surface area contributed by atoms with Crippen molar-refractivity contribution in [2.75, 3.05) is 6.54 Å². The molecule has 0 spiro atoms. The van der Waals surface area contributed by atoms with Gasteiger partial charge in [-0.3, -0.25) is 4.99 Å². The van der Waals surface area contributed by atoms with Gasteiger partial charge in [0.25, 0.3) is 0 Å². The second-order valence-corrected chi connectivity index (χ2v) is 6.20. The summed E-state index contributed by atoms with van der Waals surface area (Å²) in [6, 6.07) is 8.16. The van der Waals surface area contributed by atoms with Crippen LogP contribution in [0.1, 0.15) is 38.8 Å². The first-order valence-electron chi connectivity index (χ1n) is 6.49. The summed E-state index contributed by atoms with van der Waals surface area (Å²) in [6.45, 7) is 7.11. The molecule has 1 N–H and O–H groups in total. The summed E-state index contributed by atoms with van der Waals surface area (Å²) in [4.78, 5) is 4.51. The molecule has 0 aromatic heterocycles. The zero-order valence-corrected chi connectivity index (χ0v) is 12.4. The number of nitrogens with one attached hydrogen (secondary N) is 1. The second-order valence-electron chi connectivity index (χ2n) is 5.76. The standard InChI is InChI=1S/C16H19ClN2/c1-16(2,3)10-4-5-15-18-11-14(19-15)12-6-8-13(17)9-7-12/h6-9,14H,5,11H2,1-3H3,(H,18,19). The minimum absolute atomic E-state index is 0.0503. The molecule has 0 saturated heterocycles. The van der Waals surface area contributed by atoms with Gasteiger partial charge >= 0.3 is 0 Å². The molecule has 0 bridgehead atoms. The monoisotopic (exact) mass is 274 g/mol. The van der Waals surface area contributed by atoms with Gasteiger partial charge in [0.15, 0.2) is 0 Å². The van der Waals surface area contributed by atoms with E-state index in [9.17, 15) is 0 Å². The molecule has 1 unspecified atom stereocenters. The zero-order chi connectivity index (χ0) is 13.9. The van der Waals surface area contributed by atoms with E-state index >= 15 is 0 Å². The van der Waals surface area contributed by atoms with Crippen molar-refractivity contribution in [1.82, 2.24) is 5.32 Å². The van der Waals surface area contributed by atoms with E-state index in [0.717, 1.165) is 17.4 Å². The van der Waals surface area contributed by atoms with Gasteiger partial charge in [-0.2, -0.15) is 0 Å². The molecular weight excluding hydrogens is 256 g/mol. The summed E-state index contributed by atoms with van der Waals surface area (Å²) in [5.41, 5.74) is 1.27. The Bertz CT molecular complexity index is 527. The molecule has 0 radical (unpaired) electrons. The Labute approximate surface area is 120 Å². The molecule has 1 atom stereocenters. The van der Waals surface area contributed by atoms with E-state index in [4.69, 9.17) is 11.6 Å². The van der Waals surface area contributed by atoms with Crippen molar-refractivity contribution in [1.29, 1.82) is 0 Å². The number of benzene rings is 1. The average molecular weight is 275 g/mol. The highest BCUT2D eigenvalue weighted by atomic mass is 35.5. The van der Waals surface area contributed by atoms with E-state index in [1.165, 1.54) is 5.56 Å². The molecule has 0 fully saturated rings. The minimum atomic E-state index is 0.0503. The van der Waals surface area contributed by atoms with Crippen LogP contribution in [0.15, 0.2) is 29.3 Å². The fraction of sp³-hybridized carbons (Fsp3) is 0.438. The van der Waals surface area contributed by atoms with Gasteiger partial charge in [0.1, 0.15) is 5.84 Å². The lowest BCUT2D eigenvalue weighted by Crippen LogP contribution is -2.22. The van der Waals surface area contributed by atoms with Gasteiger partial charge < -0.3 is 5.32 Å². The SMILES string of the molecule is CC(C)(C)C#CCC1=NCC(c2ccc(Cl)cc2)N1. The molecule has 100 valence electrons. The number of hydrogen-bond acceptors (Lipinski definition) is 2. The number of nitrogens with zero attached hydrogens (tertiary/aromatic N) is 1. The van der Waals surface area contributed by atoms with Crippen LogP contribution in [0.25, 0.3) is 0 Å². The van der Waals surface area contributed by atoms with Gasteiger partial charge in [-0.25, -0.2) is 0 Å². The Kier molecular flexibility index (Phi) is 4.17. The first-order chi connectivity index (χ1) is 8.94. The van der Waals surface area contributed by atoms with Crippen molar-refractivity contribution in [3.63, 3.8) is 0 Å². The van der Waals surface area contributed by atoms with E-state index in [2.05, 4.69) is 42.9 Å². The van der Waals surface area contributed by atoms with E-state index in [-0.39, 0.29) is 11.5 Å². The Hall–Kier alpha value is -1.46. The number of hydrogen-bond donors (Lipinski definition) is 1. The van der Waals surface area contributed by atoms with Gasteiger partial charge in [0, 0.05) is 10.4 Å². The third kappa shape index (κ3) is 4.29. The van der Waals surface area contributed by atoms with Crippen LogP contribution >= 0.6 is 11.6 Å². The molecule has 0 amide bonds. The van der Waals surface area contributed by atoms with Crippen LogP contribution in [0.3, 0.4) is 0 Å². The summed E-state index contributed by atoms with van der Waals surface area (Å²) in [6.07, 6.45) is 0.696. The molecule has 0 aliphatic carbocycles. The molecule has 1 heterocycles. The molecule has 1 aliphatic rings. The first kappa shape index (κ1) is 14.0. The molecule has 3 heteroatoms. The van der Waals surface area contributed by atoms with Crippen molar-refractivity contribution in [2.24, 2.45) is 10.4 Å². The molecule has 1 aliphatic heterocycles. The number of rotatable bonds is 2. The summed E-state index contributed by atoms with van der Waals surface area (Å²) in [5, 5.41) is 4.18. The van der Waals surface area contributed by atoms with Crippen LogP contribution in [0.5, 0.6) is 0 Å². The average Bonchev–Trinajstić information content (AvgIpc) is 2.77. The van der Waals surface area contributed by atoms with Crippen molar-refractivity contribution < 1.29 is 0 Å². The fourth-order valence-electron chi connectivity index (χ4n) is 1.88. The van der Waals surface area contributed by atoms with Crippen LogP contribution in [0.2, 0.25) is 5.02 Å². The first-order valence-corrected chi connectivity index (χ1v) is 6.87. The Morgan fingerprint density at radius 2 is 2.00 bits per heavy atom. The molecule has 2 rings (SSSR count). The van der Waals surface area contributed by atoms with Gasteiger partial charge in [0.05, 0.1) is 19.0 Å². The fourth-order valence-corrected chi connectivity index (χ4v) is 2.00. The summed E-state index contributed by atoms with van der Waals surface area (Å²) in [5.74, 6) is 7.39. The maximum absolute atomic E-state index is 5.89. The quantitative estimate of drug-likeness (QED) is 0.815. The Balaban J connectivity index is 1.92. The number of amidine groups is 1. The minimum Gasteiger partial charge on any atom is -0.364 e. The van der Waals surface area contributed by atoms with Crippen LogP contribution in [-0.4, -0.2) is 12.4 Å². The van der Waals surface area contributed by atoms with Crippen LogP contribution in [0.4, 0.5) is 0 Å². The topological polar surface area (TPSA) is 24.4 Å². The largest absolute Gasteiger partial charge is 0.364 e. The van der Waals surface area contributed by atoms with Crippen molar-refractivity contribution in [3.05, 3.63) is 34.9 Å². The normalized spacial score (nSPS) is 18.3. The van der Waals surface area contributed by atoms with Crippen molar-refractivity contribution in [3.8, 4) is 11.8 Å². The highest BCUT2D eigenvalue weighted by Gasteiger charge is 2.18. The smallest absolute Gasteiger partial charge is 0.109 e. The lowest BCUT2D eigenvalue weighted by atomic mass is 9.98. The van der Waals surface area contributed by atoms with E-state index < -0.39 is 0 Å². The Morgan fingerprint density at radius 3 is 2.63 bits per heavy atom. The van der Waals surface area contributed by atoms with Gasteiger partial charge in [-0.1, -0.05) is 35.6 Å². The molecule has 1 aromatic rings. The predicted octanol–water partition coefficient (Wildman–Crippen LogP) is 3.82. The lowest BCUT2D eigenvalue weighted by Gasteiger charge is -2.11. The van der Waals surface area contributed by atoms with Gasteiger partial charge in [-0.05, 0) is 38.5 Å². The summed E-state index contributed by atoms with van der Waals surface area (Å²) in [7, 11) is 0. The summed E-state index contributed by atoms with van der Waals surface area (Å²) >= 11 is 5.89. The maximum atomic E-state index is 5.89. The summed E-state index contributed by atoms with van der Waals surface area (Å²) < 4.78 is 0. The third-order valence-electron chi connectivity index (χ3n) is 2.80. The lowest BCUT2D eigenvalue weighted by molar-refractivity contribution is 0.570. The zero-order valence-electron chi connectivity index (χ0n) is 11.6. The molecule has 0 saturated carbocycles. The maximum Gasteiger partial charge on any atom is 0.109 e. The Morgan fingerprint density at radius 1 is 1.32 bits per heavy atom. The predicted molar refractivity (Wildman–Crippen MR) is 81.5 cm³/mol. The molecule has 2 nitrogen and oxygen atoms in total. The molecule has 19 heavy (non-hydrogen) atoms. The van der Waals surface area contributed by atoms with Gasteiger partial charge in [-0.15, -0.1) is 0 Å². The van der Waals surface area contributed by atoms with E-state index in [1.807, 2.05) is 24.3 Å².